The molecule has 0 fully saturated rings. The number of aromatic nitrogens is 3. The third-order valence-electron chi connectivity index (χ3n) is 2.81. The fraction of sp³-hybridized carbons (Fsp3) is 0.0769. The Labute approximate surface area is 122 Å². The molecule has 0 atom stereocenters. The van der Waals surface area contributed by atoms with Gasteiger partial charge in [0, 0.05) is 10.7 Å². The Morgan fingerprint density at radius 2 is 2.16 bits per heavy atom. The lowest BCUT2D eigenvalue weighted by molar-refractivity contribution is 0.616. The smallest absolute Gasteiger partial charge is 0.148 e. The number of hydrogen-bond acceptors (Lipinski definition) is 2. The molecule has 0 amide bonds. The van der Waals surface area contributed by atoms with E-state index in [1.54, 1.807) is 35.2 Å². The maximum atomic E-state index is 14.1. The summed E-state index contributed by atoms with van der Waals surface area (Å²) < 4.78 is 16.5. The molecule has 6 heteroatoms. The standard InChI is InChI=1S/C13H8BrClFN3/c14-8-2-1-3-9(16)13(8)19-11-4-5-17-7-10(11)18-12(19)6-15/h1-5,7H,6H2. The highest BCUT2D eigenvalue weighted by Gasteiger charge is 2.17. The Kier molecular flexibility index (Phi) is 3.24. The summed E-state index contributed by atoms with van der Waals surface area (Å²) in [6, 6.07) is 6.62. The van der Waals surface area contributed by atoms with Crippen LogP contribution in [0.15, 0.2) is 41.1 Å². The minimum Gasteiger partial charge on any atom is -0.291 e. The van der Waals surface area contributed by atoms with Crippen LogP contribution in [0.2, 0.25) is 0 Å². The van der Waals surface area contributed by atoms with Crippen LogP contribution in [0.1, 0.15) is 5.82 Å². The average Bonchev–Trinajstić information content (AvgIpc) is 2.77. The summed E-state index contributed by atoms with van der Waals surface area (Å²) in [5.74, 6) is 0.433. The van der Waals surface area contributed by atoms with Crippen LogP contribution in [0.3, 0.4) is 0 Å². The minimum absolute atomic E-state index is 0.190. The number of rotatable bonds is 2. The van der Waals surface area contributed by atoms with E-state index < -0.39 is 0 Å². The highest BCUT2D eigenvalue weighted by atomic mass is 79.9. The van der Waals surface area contributed by atoms with Gasteiger partial charge in [0.25, 0.3) is 0 Å². The molecule has 3 rings (SSSR count). The number of nitrogens with zero attached hydrogens (tertiary/aromatic N) is 3. The Morgan fingerprint density at radius 3 is 2.89 bits per heavy atom. The van der Waals surface area contributed by atoms with Crippen LogP contribution in [0, 0.1) is 5.82 Å². The van der Waals surface area contributed by atoms with Crippen molar-refractivity contribution in [2.45, 2.75) is 5.88 Å². The van der Waals surface area contributed by atoms with Gasteiger partial charge < -0.3 is 0 Å². The fourth-order valence-electron chi connectivity index (χ4n) is 2.02. The van der Waals surface area contributed by atoms with Crippen molar-refractivity contribution in [3.8, 4) is 5.69 Å². The van der Waals surface area contributed by atoms with Gasteiger partial charge in [-0.05, 0) is 34.1 Å². The zero-order valence-electron chi connectivity index (χ0n) is 9.65. The molecule has 96 valence electrons. The maximum absolute atomic E-state index is 14.1. The van der Waals surface area contributed by atoms with Gasteiger partial charge in [-0.15, -0.1) is 11.6 Å². The number of fused-ring (bicyclic) bond motifs is 1. The first-order valence-electron chi connectivity index (χ1n) is 5.54. The van der Waals surface area contributed by atoms with E-state index in [-0.39, 0.29) is 11.7 Å². The third kappa shape index (κ3) is 2.03. The summed E-state index contributed by atoms with van der Waals surface area (Å²) in [6.07, 6.45) is 3.28. The minimum atomic E-state index is -0.336. The van der Waals surface area contributed by atoms with Gasteiger partial charge in [0.05, 0.1) is 23.3 Å². The van der Waals surface area contributed by atoms with E-state index in [4.69, 9.17) is 11.6 Å². The molecule has 0 saturated carbocycles. The second kappa shape index (κ2) is 4.90. The molecule has 0 unspecified atom stereocenters. The molecule has 0 aliphatic carbocycles. The highest BCUT2D eigenvalue weighted by molar-refractivity contribution is 9.10. The molecule has 2 aromatic heterocycles. The van der Waals surface area contributed by atoms with E-state index >= 15 is 0 Å². The largest absolute Gasteiger partial charge is 0.291 e. The van der Waals surface area contributed by atoms with Crippen LogP contribution in [0.25, 0.3) is 16.7 Å². The molecule has 0 radical (unpaired) electrons. The fourth-order valence-corrected chi connectivity index (χ4v) is 2.72. The molecule has 19 heavy (non-hydrogen) atoms. The van der Waals surface area contributed by atoms with Crippen LogP contribution >= 0.6 is 27.5 Å². The molecule has 3 nitrogen and oxygen atoms in total. The van der Waals surface area contributed by atoms with E-state index in [1.165, 1.54) is 6.07 Å². The molecule has 0 aliphatic rings. The van der Waals surface area contributed by atoms with E-state index in [0.717, 1.165) is 5.52 Å². The zero-order valence-corrected chi connectivity index (χ0v) is 12.0. The highest BCUT2D eigenvalue weighted by Crippen LogP contribution is 2.29. The first-order chi connectivity index (χ1) is 9.22. The number of halogens is 3. The van der Waals surface area contributed by atoms with Gasteiger partial charge >= 0.3 is 0 Å². The van der Waals surface area contributed by atoms with Gasteiger partial charge in [-0.1, -0.05) is 6.07 Å². The van der Waals surface area contributed by atoms with Gasteiger partial charge in [0.1, 0.15) is 17.2 Å². The monoisotopic (exact) mass is 339 g/mol. The predicted molar refractivity (Wildman–Crippen MR) is 76.1 cm³/mol. The zero-order chi connectivity index (χ0) is 13.4. The lowest BCUT2D eigenvalue weighted by Gasteiger charge is -2.10. The van der Waals surface area contributed by atoms with E-state index in [9.17, 15) is 4.39 Å². The van der Waals surface area contributed by atoms with Gasteiger partial charge in [-0.3, -0.25) is 9.55 Å². The van der Waals surface area contributed by atoms with E-state index in [1.807, 2.05) is 0 Å². The summed E-state index contributed by atoms with van der Waals surface area (Å²) in [5.41, 5.74) is 1.87. The Bertz CT molecular complexity index is 736. The molecule has 0 spiro atoms. The first kappa shape index (κ1) is 12.6. The molecular formula is C13H8BrClFN3. The number of imidazole rings is 1. The van der Waals surface area contributed by atoms with Crippen LogP contribution in [0.5, 0.6) is 0 Å². The number of para-hydroxylation sites is 1. The summed E-state index contributed by atoms with van der Waals surface area (Å²) in [4.78, 5) is 8.39. The van der Waals surface area contributed by atoms with Crippen molar-refractivity contribution in [1.29, 1.82) is 0 Å². The topological polar surface area (TPSA) is 30.7 Å². The van der Waals surface area contributed by atoms with Crippen LogP contribution in [-0.2, 0) is 5.88 Å². The van der Waals surface area contributed by atoms with Crippen molar-refractivity contribution in [2.75, 3.05) is 0 Å². The Balaban J connectivity index is 2.41. The molecule has 0 bridgehead atoms. The van der Waals surface area contributed by atoms with Crippen molar-refractivity contribution < 1.29 is 4.39 Å². The van der Waals surface area contributed by atoms with Crippen molar-refractivity contribution in [1.82, 2.24) is 14.5 Å². The van der Waals surface area contributed by atoms with Crippen LogP contribution in [-0.4, -0.2) is 14.5 Å². The van der Waals surface area contributed by atoms with Gasteiger partial charge in [0.15, 0.2) is 0 Å². The molecule has 1 aromatic carbocycles. The molecule has 0 aliphatic heterocycles. The second-order valence-corrected chi connectivity index (χ2v) is 5.05. The SMILES string of the molecule is Fc1cccc(Br)c1-n1c(CCl)nc2cnccc21. The lowest BCUT2D eigenvalue weighted by atomic mass is 10.3. The number of pyridine rings is 1. The van der Waals surface area contributed by atoms with Gasteiger partial charge in [-0.2, -0.15) is 0 Å². The first-order valence-corrected chi connectivity index (χ1v) is 6.87. The van der Waals surface area contributed by atoms with E-state index in [0.29, 0.717) is 21.5 Å². The molecule has 0 saturated heterocycles. The van der Waals surface area contributed by atoms with Crippen molar-refractivity contribution in [3.05, 3.63) is 52.8 Å². The normalized spacial score (nSPS) is 11.1. The number of alkyl halides is 1. The maximum Gasteiger partial charge on any atom is 0.148 e. The summed E-state index contributed by atoms with van der Waals surface area (Å²) in [7, 11) is 0. The molecule has 2 heterocycles. The van der Waals surface area contributed by atoms with Gasteiger partial charge in [-0.25, -0.2) is 9.37 Å². The van der Waals surface area contributed by atoms with Crippen LogP contribution < -0.4 is 0 Å². The summed E-state index contributed by atoms with van der Waals surface area (Å²) in [6.45, 7) is 0. The van der Waals surface area contributed by atoms with Crippen molar-refractivity contribution in [2.24, 2.45) is 0 Å². The second-order valence-electron chi connectivity index (χ2n) is 3.93. The molecule has 3 aromatic rings. The van der Waals surface area contributed by atoms with E-state index in [2.05, 4.69) is 25.9 Å². The Hall–Kier alpha value is -1.46. The number of benzene rings is 1. The van der Waals surface area contributed by atoms with Crippen LogP contribution in [0.4, 0.5) is 4.39 Å². The molecule has 0 N–H and O–H groups in total. The van der Waals surface area contributed by atoms with Crippen molar-refractivity contribution in [3.63, 3.8) is 0 Å². The average molecular weight is 341 g/mol. The quantitative estimate of drug-likeness (QED) is 0.659. The third-order valence-corrected chi connectivity index (χ3v) is 3.69. The summed E-state index contributed by atoms with van der Waals surface area (Å²) in [5, 5.41) is 0. The molecular weight excluding hydrogens is 333 g/mol. The number of hydrogen-bond donors (Lipinski definition) is 0. The Morgan fingerprint density at radius 1 is 1.32 bits per heavy atom. The summed E-state index contributed by atoms with van der Waals surface area (Å²) >= 11 is 9.29. The lowest BCUT2D eigenvalue weighted by Crippen LogP contribution is -2.03. The van der Waals surface area contributed by atoms with Crippen molar-refractivity contribution >= 4 is 38.6 Å². The van der Waals surface area contributed by atoms with Gasteiger partial charge in [0.2, 0.25) is 0 Å². The predicted octanol–water partition coefficient (Wildman–Crippen LogP) is 4.06.